The highest BCUT2D eigenvalue weighted by Crippen LogP contribution is 2.31. The third-order valence-electron chi connectivity index (χ3n) is 5.38. The van der Waals surface area contributed by atoms with E-state index < -0.39 is 17.8 Å². The summed E-state index contributed by atoms with van der Waals surface area (Å²) >= 11 is 6.23. The second kappa shape index (κ2) is 11.0. The van der Waals surface area contributed by atoms with Crippen LogP contribution in [0.25, 0.3) is 0 Å². The summed E-state index contributed by atoms with van der Waals surface area (Å²) in [6.07, 6.45) is 0. The molecule has 2 N–H and O–H groups in total. The van der Waals surface area contributed by atoms with Crippen LogP contribution in [0.1, 0.15) is 27.6 Å². The van der Waals surface area contributed by atoms with Crippen molar-refractivity contribution in [3.05, 3.63) is 94.7 Å². The Balaban J connectivity index is 1.51. The van der Waals surface area contributed by atoms with Crippen LogP contribution in [0, 0.1) is 0 Å². The molecule has 3 aromatic carbocycles. The van der Waals surface area contributed by atoms with Crippen LogP contribution in [0.4, 0.5) is 17.1 Å². The Labute approximate surface area is 217 Å². The Morgan fingerprint density at radius 1 is 0.892 bits per heavy atom. The van der Waals surface area contributed by atoms with Gasteiger partial charge in [-0.1, -0.05) is 23.7 Å². The molecule has 0 saturated carbocycles. The lowest BCUT2D eigenvalue weighted by Crippen LogP contribution is -2.32. The minimum Gasteiger partial charge on any atom is -0.497 e. The van der Waals surface area contributed by atoms with Gasteiger partial charge in [0.25, 0.3) is 17.7 Å². The van der Waals surface area contributed by atoms with Crippen molar-refractivity contribution < 1.29 is 28.7 Å². The molecule has 0 saturated heterocycles. The van der Waals surface area contributed by atoms with E-state index in [2.05, 4.69) is 10.6 Å². The van der Waals surface area contributed by atoms with Crippen molar-refractivity contribution in [1.82, 2.24) is 0 Å². The van der Waals surface area contributed by atoms with Crippen molar-refractivity contribution >= 4 is 52.4 Å². The van der Waals surface area contributed by atoms with Crippen LogP contribution in [-0.4, -0.2) is 37.4 Å². The van der Waals surface area contributed by atoms with Crippen LogP contribution in [0.3, 0.4) is 0 Å². The molecule has 1 aliphatic rings. The number of benzene rings is 3. The van der Waals surface area contributed by atoms with E-state index >= 15 is 0 Å². The van der Waals surface area contributed by atoms with Gasteiger partial charge in [0.1, 0.15) is 16.5 Å². The van der Waals surface area contributed by atoms with Crippen LogP contribution in [0.2, 0.25) is 0 Å². The van der Waals surface area contributed by atoms with Gasteiger partial charge in [0.2, 0.25) is 0 Å². The highest BCUT2D eigenvalue weighted by Gasteiger charge is 2.39. The van der Waals surface area contributed by atoms with Crippen LogP contribution in [0.15, 0.2) is 83.5 Å². The molecule has 0 aromatic heterocycles. The number of ether oxygens (including phenoxy) is 2. The van der Waals surface area contributed by atoms with Crippen LogP contribution >= 0.6 is 11.6 Å². The quantitative estimate of drug-likeness (QED) is 0.331. The van der Waals surface area contributed by atoms with Gasteiger partial charge in [-0.15, -0.1) is 0 Å². The maximum absolute atomic E-state index is 13.1. The number of hydrogen-bond donors (Lipinski definition) is 2. The third-order valence-corrected chi connectivity index (χ3v) is 5.74. The first kappa shape index (κ1) is 25.5. The molecule has 37 heavy (non-hydrogen) atoms. The third kappa shape index (κ3) is 5.46. The highest BCUT2D eigenvalue weighted by atomic mass is 35.5. The van der Waals surface area contributed by atoms with Gasteiger partial charge in [-0.3, -0.25) is 14.4 Å². The second-order valence-electron chi connectivity index (χ2n) is 7.79. The van der Waals surface area contributed by atoms with Crippen molar-refractivity contribution in [2.45, 2.75) is 6.92 Å². The fraction of sp³-hybridized carbons (Fsp3) is 0.111. The van der Waals surface area contributed by atoms with Gasteiger partial charge in [-0.25, -0.2) is 9.69 Å². The summed E-state index contributed by atoms with van der Waals surface area (Å²) in [6, 6.07) is 19.2. The van der Waals surface area contributed by atoms with E-state index in [9.17, 15) is 19.2 Å². The van der Waals surface area contributed by atoms with Crippen molar-refractivity contribution in [2.24, 2.45) is 0 Å². The normalized spacial score (nSPS) is 13.0. The molecule has 0 atom stereocenters. The fourth-order valence-electron chi connectivity index (χ4n) is 3.59. The molecule has 1 heterocycles. The van der Waals surface area contributed by atoms with E-state index in [0.29, 0.717) is 22.7 Å². The molecule has 1 aliphatic heterocycles. The number of carbonyl (C=O) groups is 4. The topological polar surface area (TPSA) is 114 Å². The number of halogens is 1. The molecule has 4 rings (SSSR count). The standard InChI is InChI=1S/C27H22ClN3O6/c1-3-37-27(35)17-7-5-9-20(15-17)31-25(33)22(28)23(26(31)34)29-19-8-4-6-16(14-19)24(32)30-18-10-12-21(36-2)13-11-18/h4-15,29H,3H2,1-2H3,(H,30,32). The van der Waals surface area contributed by atoms with E-state index in [1.807, 2.05) is 0 Å². The number of methoxy groups -OCH3 is 1. The summed E-state index contributed by atoms with van der Waals surface area (Å²) in [5.74, 6) is -1.75. The number of nitrogens with one attached hydrogen (secondary N) is 2. The monoisotopic (exact) mass is 519 g/mol. The number of nitrogens with zero attached hydrogens (tertiary/aromatic N) is 1. The number of imide groups is 1. The zero-order valence-corrected chi connectivity index (χ0v) is 20.7. The van der Waals surface area contributed by atoms with E-state index in [1.165, 1.54) is 30.3 Å². The maximum Gasteiger partial charge on any atom is 0.338 e. The first-order chi connectivity index (χ1) is 17.8. The first-order valence-electron chi connectivity index (χ1n) is 11.2. The van der Waals surface area contributed by atoms with Crippen molar-refractivity contribution in [3.8, 4) is 5.75 Å². The maximum atomic E-state index is 13.1. The number of esters is 1. The zero-order chi connectivity index (χ0) is 26.5. The summed E-state index contributed by atoms with van der Waals surface area (Å²) in [5, 5.41) is 5.31. The van der Waals surface area contributed by atoms with Crippen LogP contribution in [-0.2, 0) is 14.3 Å². The summed E-state index contributed by atoms with van der Waals surface area (Å²) in [7, 11) is 1.55. The van der Waals surface area contributed by atoms with Crippen molar-refractivity contribution in [2.75, 3.05) is 29.3 Å². The lowest BCUT2D eigenvalue weighted by molar-refractivity contribution is -0.120. The van der Waals surface area contributed by atoms with Crippen LogP contribution < -0.4 is 20.3 Å². The minimum atomic E-state index is -0.747. The van der Waals surface area contributed by atoms with Gasteiger partial charge in [-0.2, -0.15) is 0 Å². The molecular formula is C27H22ClN3O6. The van der Waals surface area contributed by atoms with Crippen molar-refractivity contribution in [3.63, 3.8) is 0 Å². The van der Waals surface area contributed by atoms with E-state index in [1.54, 1.807) is 56.5 Å². The predicted octanol–water partition coefficient (Wildman–Crippen LogP) is 4.56. The molecule has 188 valence electrons. The Kier molecular flexibility index (Phi) is 7.55. The number of hydrogen-bond acceptors (Lipinski definition) is 7. The molecule has 0 bridgehead atoms. The molecule has 0 fully saturated rings. The molecule has 0 unspecified atom stereocenters. The molecule has 0 spiro atoms. The molecule has 10 heteroatoms. The van der Waals surface area contributed by atoms with Crippen LogP contribution in [0.5, 0.6) is 5.75 Å². The summed E-state index contributed by atoms with van der Waals surface area (Å²) in [5.41, 5.74) is 1.47. The van der Waals surface area contributed by atoms with Gasteiger partial charge in [0.05, 0.1) is 25.0 Å². The summed E-state index contributed by atoms with van der Waals surface area (Å²) in [4.78, 5) is 51.7. The van der Waals surface area contributed by atoms with Gasteiger partial charge < -0.3 is 20.1 Å². The predicted molar refractivity (Wildman–Crippen MR) is 139 cm³/mol. The largest absolute Gasteiger partial charge is 0.497 e. The van der Waals surface area contributed by atoms with E-state index in [4.69, 9.17) is 21.1 Å². The Bertz CT molecular complexity index is 1420. The summed E-state index contributed by atoms with van der Waals surface area (Å²) < 4.78 is 10.1. The van der Waals surface area contributed by atoms with Gasteiger partial charge in [0.15, 0.2) is 0 Å². The minimum absolute atomic E-state index is 0.152. The molecule has 3 aromatic rings. The average molecular weight is 520 g/mol. The van der Waals surface area contributed by atoms with Gasteiger partial charge in [0, 0.05) is 16.9 Å². The molecule has 0 radical (unpaired) electrons. The van der Waals surface area contributed by atoms with Crippen molar-refractivity contribution in [1.29, 1.82) is 0 Å². The zero-order valence-electron chi connectivity index (χ0n) is 19.9. The smallest absolute Gasteiger partial charge is 0.338 e. The number of carbonyl (C=O) groups excluding carboxylic acids is 4. The Morgan fingerprint density at radius 2 is 1.59 bits per heavy atom. The average Bonchev–Trinajstić information content (AvgIpc) is 3.12. The first-order valence-corrected chi connectivity index (χ1v) is 11.6. The molecule has 9 nitrogen and oxygen atoms in total. The highest BCUT2D eigenvalue weighted by molar-refractivity contribution is 6.53. The lowest BCUT2D eigenvalue weighted by atomic mass is 10.1. The van der Waals surface area contributed by atoms with Gasteiger partial charge in [-0.05, 0) is 67.6 Å². The van der Waals surface area contributed by atoms with E-state index in [-0.39, 0.29) is 34.5 Å². The molecular weight excluding hydrogens is 498 g/mol. The number of anilines is 3. The molecule has 0 aliphatic carbocycles. The Hall–Kier alpha value is -4.63. The SMILES string of the molecule is CCOC(=O)c1cccc(N2C(=O)C(Cl)=C(Nc3cccc(C(=O)Nc4ccc(OC)cc4)c3)C2=O)c1. The van der Waals surface area contributed by atoms with E-state index in [0.717, 1.165) is 4.90 Å². The lowest BCUT2D eigenvalue weighted by Gasteiger charge is -2.16. The molecule has 3 amide bonds. The summed E-state index contributed by atoms with van der Waals surface area (Å²) in [6.45, 7) is 1.86. The fourth-order valence-corrected chi connectivity index (χ4v) is 3.80. The Morgan fingerprint density at radius 3 is 2.30 bits per heavy atom. The number of rotatable bonds is 8. The second-order valence-corrected chi connectivity index (χ2v) is 8.17. The van der Waals surface area contributed by atoms with Gasteiger partial charge >= 0.3 is 5.97 Å². The number of amides is 3.